The highest BCUT2D eigenvalue weighted by Crippen LogP contribution is 2.28. The molecule has 0 amide bonds. The van der Waals surface area contributed by atoms with E-state index in [9.17, 15) is 47.9 Å². The molecule has 0 saturated carbocycles. The number of carboxylic acid groups (broad SMARTS) is 4. The molecule has 0 spiro atoms. The minimum atomic E-state index is -0.952. The summed E-state index contributed by atoms with van der Waals surface area (Å²) in [6, 6.07) is 43.0. The number of nitrogens with zero attached hydrogens (tertiary/aromatic N) is 24. The van der Waals surface area contributed by atoms with Gasteiger partial charge in [0.05, 0.1) is 17.5 Å². The van der Waals surface area contributed by atoms with Crippen molar-refractivity contribution < 1.29 is 39.6 Å². The van der Waals surface area contributed by atoms with Crippen molar-refractivity contribution in [2.45, 2.75) is 45.2 Å². The van der Waals surface area contributed by atoms with Gasteiger partial charge < -0.3 is 114 Å². The Hall–Kier alpha value is -15.3. The van der Waals surface area contributed by atoms with Gasteiger partial charge in [-0.3, -0.25) is 38.4 Å². The molecule has 18 heterocycles. The molecule has 0 atom stereocenters. The predicted octanol–water partition coefficient (Wildman–Crippen LogP) is 3.46. The number of aromatic nitrogens is 18. The Labute approximate surface area is 871 Å². The summed E-state index contributed by atoms with van der Waals surface area (Å²) in [7, 11) is 0. The summed E-state index contributed by atoms with van der Waals surface area (Å²) in [6.45, 7) is 23.9. The average molecular weight is 2150 g/mol. The highest BCUT2D eigenvalue weighted by atomic mass is 32.1. The van der Waals surface area contributed by atoms with E-state index in [-0.39, 0.29) is 63.9 Å². The van der Waals surface area contributed by atoms with Crippen molar-refractivity contribution in [3.63, 3.8) is 0 Å². The molecule has 16 aromatic rings. The number of aromatic carboxylic acids is 2. The third kappa shape index (κ3) is 29.0. The van der Waals surface area contributed by atoms with Crippen LogP contribution in [0.4, 0.5) is 65.7 Å². The van der Waals surface area contributed by atoms with E-state index < -0.39 is 23.9 Å². The molecule has 4 aromatic carbocycles. The summed E-state index contributed by atoms with van der Waals surface area (Å²) < 4.78 is 7.87. The Bertz CT molecular complexity index is 7640. The lowest BCUT2D eigenvalue weighted by atomic mass is 10.1. The predicted molar refractivity (Wildman–Crippen MR) is 578 cm³/mol. The number of piperazine rings is 6. The van der Waals surface area contributed by atoms with Crippen molar-refractivity contribution in [2.75, 3.05) is 245 Å². The maximum Gasteiger partial charge on any atom is 0.335 e. The van der Waals surface area contributed by atoms with E-state index in [1.54, 1.807) is 60.7 Å². The van der Waals surface area contributed by atoms with Gasteiger partial charge in [-0.25, -0.2) is 39.5 Å². The van der Waals surface area contributed by atoms with Gasteiger partial charge in [0.1, 0.15) is 34.9 Å². The van der Waals surface area contributed by atoms with Gasteiger partial charge in [-0.2, -0.15) is 27.1 Å². The van der Waals surface area contributed by atoms with E-state index in [1.807, 2.05) is 48.5 Å². The van der Waals surface area contributed by atoms with Gasteiger partial charge >= 0.3 is 23.9 Å². The summed E-state index contributed by atoms with van der Waals surface area (Å²) in [4.78, 5) is 160. The largest absolute Gasteiger partial charge is 0.481 e. The zero-order valence-electron chi connectivity index (χ0n) is 80.7. The number of fused-ring (bicyclic) bond motifs is 6. The lowest BCUT2D eigenvalue weighted by molar-refractivity contribution is -0.137. The van der Waals surface area contributed by atoms with Gasteiger partial charge in [-0.15, -0.1) is 30.6 Å². The first-order valence-corrected chi connectivity index (χ1v) is 53.2. The Kier molecular flexibility index (Phi) is 36.2. The lowest BCUT2D eigenvalue weighted by Crippen LogP contribution is -2.44. The molecule has 6 saturated heterocycles. The van der Waals surface area contributed by atoms with Crippen LogP contribution >= 0.6 is 68.0 Å². The molecule has 6 aliphatic rings. The van der Waals surface area contributed by atoms with Crippen molar-refractivity contribution in [3.8, 4) is 0 Å². The van der Waals surface area contributed by atoms with Crippen LogP contribution in [0.3, 0.4) is 0 Å². The zero-order chi connectivity index (χ0) is 103. The fourth-order valence-electron chi connectivity index (χ4n) is 16.1. The number of anilines is 12. The topological polar surface area (TPSA) is 597 Å². The summed E-state index contributed by atoms with van der Waals surface area (Å²) in [5, 5.41) is 103. The van der Waals surface area contributed by atoms with Crippen molar-refractivity contribution in [1.82, 2.24) is 119 Å². The molecule has 12 aromatic heterocycles. The van der Waals surface area contributed by atoms with Crippen LogP contribution in [0.1, 0.15) is 62.2 Å². The Morgan fingerprint density at radius 2 is 0.490 bits per heavy atom. The van der Waals surface area contributed by atoms with Gasteiger partial charge in [-0.05, 0) is 65.8 Å². The molecule has 149 heavy (non-hydrogen) atoms. The minimum Gasteiger partial charge on any atom is -0.481 e. The van der Waals surface area contributed by atoms with Crippen LogP contribution < -0.4 is 127 Å². The first-order valence-electron chi connectivity index (χ1n) is 48.3. The Morgan fingerprint density at radius 1 is 0.268 bits per heavy atom. The van der Waals surface area contributed by atoms with Crippen LogP contribution in [0.5, 0.6) is 0 Å². The molecule has 6 aliphatic heterocycles. The maximum absolute atomic E-state index is 12.4. The lowest BCUT2D eigenvalue weighted by Gasteiger charge is -2.27. The van der Waals surface area contributed by atoms with Crippen molar-refractivity contribution >= 4 is 187 Å². The van der Waals surface area contributed by atoms with E-state index in [4.69, 9.17) is 20.4 Å². The third-order valence-electron chi connectivity index (χ3n) is 23.8. The van der Waals surface area contributed by atoms with Gasteiger partial charge in [0.2, 0.25) is 60.6 Å². The van der Waals surface area contributed by atoms with E-state index >= 15 is 0 Å². The third-order valence-corrected chi connectivity index (χ3v) is 29.0. The maximum atomic E-state index is 12.4. The van der Waals surface area contributed by atoms with Gasteiger partial charge in [0.25, 0.3) is 33.4 Å². The van der Waals surface area contributed by atoms with Crippen LogP contribution in [0.15, 0.2) is 174 Å². The molecule has 16 N–H and O–H groups in total. The molecular weight excluding hydrogens is 2040 g/mol. The van der Waals surface area contributed by atoms with E-state index in [0.29, 0.717) is 118 Å². The molecule has 22 rings (SSSR count). The molecule has 6 fully saturated rings. The smallest absolute Gasteiger partial charge is 0.335 e. The number of hydrogen-bond acceptors (Lipinski definition) is 46. The molecule has 0 unspecified atom stereocenters. The highest BCUT2D eigenvalue weighted by molar-refractivity contribution is 7.22. The summed E-state index contributed by atoms with van der Waals surface area (Å²) in [6.07, 6.45) is 2.21. The molecule has 0 radical (unpaired) electrons. The van der Waals surface area contributed by atoms with Gasteiger partial charge in [0, 0.05) is 239 Å². The quantitative estimate of drug-likeness (QED) is 0.0277. The van der Waals surface area contributed by atoms with E-state index in [1.165, 1.54) is 131 Å². The van der Waals surface area contributed by atoms with Crippen molar-refractivity contribution in [1.29, 1.82) is 0 Å². The van der Waals surface area contributed by atoms with Crippen LogP contribution in [-0.2, 0) is 35.5 Å². The Morgan fingerprint density at radius 3 is 0.745 bits per heavy atom. The number of aliphatic carboxylic acids is 2. The zero-order valence-corrected chi connectivity index (χ0v) is 85.6. The number of carbonyl (C=O) groups is 4. The second kappa shape index (κ2) is 51.4. The molecule has 0 aliphatic carbocycles. The number of rotatable bonds is 31. The highest BCUT2D eigenvalue weighted by Gasteiger charge is 2.25. The van der Waals surface area contributed by atoms with E-state index in [2.05, 4.69) is 166 Å². The van der Waals surface area contributed by atoms with Gasteiger partial charge in [-0.1, -0.05) is 153 Å². The van der Waals surface area contributed by atoms with Crippen LogP contribution in [0.25, 0.3) is 29.8 Å². The summed E-state index contributed by atoms with van der Waals surface area (Å²) in [5.41, 5.74) is 3.78. The number of hydrogen-bond donors (Lipinski definition) is 16. The SMILES string of the molecule is O=C(O)CCCNc1nn2c(=O)cc(N3CCNCC3)nc2s1.O=C(O)CCNc1nn2c(=O)cc(N3CCNCC3)nc2s1.O=C(O)c1ccc(CCNc2nn3c(=O)cc(N4CCNCC4)nc3s2)cc1.O=C(O)c1ccc(CNc2nn3c(=O)cc(N4CCNCC4)nc3s2)cc1.O=c1cc(N2CCNCC2)nc2sc(NCCc3ccccc3)nn12.O=c1cc(N2CCNCC2)nc2sc(NCc3ccccc3)nn12. The number of benzene rings is 4. The van der Waals surface area contributed by atoms with Crippen molar-refractivity contribution in [3.05, 3.63) is 241 Å². The van der Waals surface area contributed by atoms with Gasteiger partial charge in [0.15, 0.2) is 0 Å². The van der Waals surface area contributed by atoms with Crippen LogP contribution in [-0.4, -0.2) is 315 Å². The standard InChI is InChI=1S/C18H20N6O3S.C17H18N6O3S.C17H20N6OS.C16H18N6OS.C13H18N6O3S.C12H16N6O3S/c25-15-11-14(23-9-7-19-8-10-23)21-18-24(15)22-17(28-18)20-6-5-12-1-3-13(4-2-12)16(26)27;24-14-9-13(22-7-5-18-6-8-22)20-17-23(14)21-16(27-17)19-10-11-1-3-12(4-2-11)15(25)26;24-15-12-14(22-10-8-18-9-11-22)20-17-23(15)21-16(25-17)19-7-6-13-4-2-1-3-5-13;23-14-10-13(21-8-6-17-7-9-21)19-16-22(14)20-15(24-16)18-11-12-4-2-1-3-5-12;20-10-8-9(18-6-4-14-5-7-18)16-13-19(10)17-12(23-13)15-3-1-2-11(21)22;19-9-7-8(17-5-3-13-4-6-17)15-12-18(9)16-11(22-12)14-2-1-10(20)21/h1-4,11,19H,5-10H2,(H,20,22)(H,26,27);1-4,9,18H,5-8,10H2,(H,19,21)(H,25,26);1-5,12,18H,6-11H2,(H,19,21);1-5,10,17H,6-9,11H2,(H,18,20);8,14H,1-7H2,(H,15,17)(H,21,22);7,13H,1-6H2,(H,14,16)(H,20,21). The van der Waals surface area contributed by atoms with Crippen LogP contribution in [0, 0.1) is 0 Å². The van der Waals surface area contributed by atoms with E-state index in [0.717, 1.165) is 198 Å². The monoisotopic (exact) mass is 2150 g/mol. The Balaban J connectivity index is 0.000000122. The molecule has 0 bridgehead atoms. The summed E-state index contributed by atoms with van der Waals surface area (Å²) >= 11 is 7.98. The summed E-state index contributed by atoms with van der Waals surface area (Å²) in [5.74, 6) is 0.597. The minimum absolute atomic E-state index is 0.00964. The average Bonchev–Trinajstić information content (AvgIpc) is 1.66. The fraction of sp³-hybridized carbons (Fsp3) is 0.376. The fourth-order valence-corrected chi connectivity index (χ4v) is 21.0. The number of carboxylic acids is 4. The number of nitrogens with one attached hydrogen (secondary N) is 12. The normalized spacial score (nSPS) is 14.8. The van der Waals surface area contributed by atoms with Crippen molar-refractivity contribution in [2.24, 2.45) is 0 Å². The second-order valence-corrected chi connectivity index (χ2v) is 40.0. The molecular formula is C93H110N36O14S6. The second-order valence-electron chi connectivity index (χ2n) is 34.3. The first kappa shape index (κ1) is 105. The molecule has 782 valence electrons. The first-order chi connectivity index (χ1) is 72.5. The van der Waals surface area contributed by atoms with Crippen LogP contribution in [0.2, 0.25) is 0 Å². The molecule has 50 nitrogen and oxygen atoms in total. The molecule has 56 heteroatoms.